The lowest BCUT2D eigenvalue weighted by Crippen LogP contribution is -2.42. The predicted molar refractivity (Wildman–Crippen MR) is 90.9 cm³/mol. The Morgan fingerprint density at radius 1 is 1.35 bits per heavy atom. The fraction of sp³-hybridized carbons (Fsp3) is 0.444. The Morgan fingerprint density at radius 3 is 2.78 bits per heavy atom. The first-order chi connectivity index (χ1) is 11.2. The van der Waals surface area contributed by atoms with Crippen molar-refractivity contribution in [1.29, 1.82) is 0 Å². The fourth-order valence-corrected chi connectivity index (χ4v) is 3.20. The second-order valence-electron chi connectivity index (χ2n) is 6.33. The van der Waals surface area contributed by atoms with Crippen LogP contribution >= 0.6 is 0 Å². The van der Waals surface area contributed by atoms with Gasteiger partial charge in [-0.05, 0) is 69.1 Å². The molecule has 23 heavy (non-hydrogen) atoms. The third-order valence-corrected chi connectivity index (χ3v) is 4.39. The second kappa shape index (κ2) is 6.96. The van der Waals surface area contributed by atoms with Crippen LogP contribution < -0.4 is 5.32 Å². The van der Waals surface area contributed by atoms with Gasteiger partial charge in [-0.15, -0.1) is 0 Å². The number of carbonyl (C=O) groups is 1. The van der Waals surface area contributed by atoms with Crippen molar-refractivity contribution < 1.29 is 4.79 Å². The number of hydrogen-bond acceptors (Lipinski definition) is 3. The minimum absolute atomic E-state index is 0.133. The van der Waals surface area contributed by atoms with E-state index in [0.29, 0.717) is 5.92 Å². The largest absolute Gasteiger partial charge is 0.338 e. The smallest absolute Gasteiger partial charge is 0.253 e. The molecule has 5 heteroatoms. The van der Waals surface area contributed by atoms with Crippen molar-refractivity contribution >= 4 is 5.91 Å². The molecule has 1 fully saturated rings. The summed E-state index contributed by atoms with van der Waals surface area (Å²) >= 11 is 0. The topological polar surface area (TPSA) is 50.2 Å². The van der Waals surface area contributed by atoms with Gasteiger partial charge < -0.3 is 10.2 Å². The zero-order chi connectivity index (χ0) is 16.2. The van der Waals surface area contributed by atoms with Crippen LogP contribution in [0.25, 0.3) is 5.69 Å². The van der Waals surface area contributed by atoms with Crippen LogP contribution in [0.4, 0.5) is 0 Å². The van der Waals surface area contributed by atoms with Gasteiger partial charge in [0.1, 0.15) is 0 Å². The van der Waals surface area contributed by atoms with Gasteiger partial charge in [-0.2, -0.15) is 5.10 Å². The van der Waals surface area contributed by atoms with Crippen LogP contribution in [-0.4, -0.2) is 47.3 Å². The summed E-state index contributed by atoms with van der Waals surface area (Å²) in [7, 11) is 1.97. The molecular weight excluding hydrogens is 288 g/mol. The van der Waals surface area contributed by atoms with Crippen molar-refractivity contribution in [2.45, 2.75) is 19.8 Å². The number of aryl methyl sites for hydroxylation is 1. The third kappa shape index (κ3) is 3.62. The molecule has 0 aliphatic carbocycles. The van der Waals surface area contributed by atoms with E-state index < -0.39 is 0 Å². The number of nitrogens with one attached hydrogen (secondary N) is 1. The highest BCUT2D eigenvalue weighted by Crippen LogP contribution is 2.19. The van der Waals surface area contributed by atoms with E-state index in [1.54, 1.807) is 0 Å². The fourth-order valence-electron chi connectivity index (χ4n) is 3.20. The lowest BCUT2D eigenvalue weighted by atomic mass is 9.97. The van der Waals surface area contributed by atoms with Gasteiger partial charge >= 0.3 is 0 Å². The van der Waals surface area contributed by atoms with E-state index in [9.17, 15) is 4.79 Å². The monoisotopic (exact) mass is 312 g/mol. The van der Waals surface area contributed by atoms with E-state index in [1.807, 2.05) is 60.2 Å². The van der Waals surface area contributed by atoms with Crippen molar-refractivity contribution in [2.24, 2.45) is 5.92 Å². The van der Waals surface area contributed by atoms with E-state index in [0.717, 1.165) is 42.9 Å². The Morgan fingerprint density at radius 2 is 2.13 bits per heavy atom. The Bertz CT molecular complexity index is 660. The van der Waals surface area contributed by atoms with Gasteiger partial charge in [0.25, 0.3) is 5.91 Å². The predicted octanol–water partition coefficient (Wildman–Crippen LogP) is 2.25. The normalized spacial score (nSPS) is 18.2. The summed E-state index contributed by atoms with van der Waals surface area (Å²) in [5.41, 5.74) is 2.85. The van der Waals surface area contributed by atoms with Crippen LogP contribution in [-0.2, 0) is 0 Å². The zero-order valence-corrected chi connectivity index (χ0v) is 13.8. The number of aromatic nitrogens is 2. The van der Waals surface area contributed by atoms with Gasteiger partial charge in [-0.1, -0.05) is 0 Å². The maximum absolute atomic E-state index is 12.7. The van der Waals surface area contributed by atoms with Gasteiger partial charge in [-0.25, -0.2) is 4.68 Å². The molecule has 1 N–H and O–H groups in total. The molecule has 1 atom stereocenters. The van der Waals surface area contributed by atoms with Gasteiger partial charge in [0, 0.05) is 24.8 Å². The first-order valence-corrected chi connectivity index (χ1v) is 8.23. The van der Waals surface area contributed by atoms with Crippen LogP contribution in [0.5, 0.6) is 0 Å². The molecule has 1 saturated heterocycles. The maximum Gasteiger partial charge on any atom is 0.253 e. The molecule has 1 aliphatic heterocycles. The minimum atomic E-state index is 0.133. The molecule has 1 aromatic carbocycles. The first kappa shape index (κ1) is 15.7. The summed E-state index contributed by atoms with van der Waals surface area (Å²) in [5, 5.41) is 7.51. The summed E-state index contributed by atoms with van der Waals surface area (Å²) in [5.74, 6) is 0.693. The highest BCUT2D eigenvalue weighted by molar-refractivity contribution is 5.94. The Hall–Kier alpha value is -2.14. The minimum Gasteiger partial charge on any atom is -0.338 e. The van der Waals surface area contributed by atoms with E-state index in [1.165, 1.54) is 6.42 Å². The summed E-state index contributed by atoms with van der Waals surface area (Å²) in [4.78, 5) is 14.7. The molecule has 1 aromatic heterocycles. The number of piperidine rings is 1. The van der Waals surface area contributed by atoms with Gasteiger partial charge in [0.05, 0.1) is 11.9 Å². The molecule has 0 saturated carbocycles. The average Bonchev–Trinajstić information content (AvgIpc) is 3.01. The van der Waals surface area contributed by atoms with Gasteiger partial charge in [-0.3, -0.25) is 4.79 Å². The molecule has 1 aliphatic rings. The van der Waals surface area contributed by atoms with Crippen LogP contribution in [0.2, 0.25) is 0 Å². The molecule has 1 unspecified atom stereocenters. The molecule has 0 radical (unpaired) electrons. The number of amides is 1. The van der Waals surface area contributed by atoms with Crippen molar-refractivity contribution in [1.82, 2.24) is 20.0 Å². The van der Waals surface area contributed by atoms with Crippen molar-refractivity contribution in [3.05, 3.63) is 47.8 Å². The summed E-state index contributed by atoms with van der Waals surface area (Å²) < 4.78 is 1.83. The highest BCUT2D eigenvalue weighted by atomic mass is 16.2. The molecule has 3 rings (SSSR count). The Kier molecular flexibility index (Phi) is 4.76. The lowest BCUT2D eigenvalue weighted by molar-refractivity contribution is 0.0674. The average molecular weight is 312 g/mol. The van der Waals surface area contributed by atoms with Gasteiger partial charge in [0.15, 0.2) is 0 Å². The van der Waals surface area contributed by atoms with E-state index in [-0.39, 0.29) is 5.91 Å². The molecule has 0 spiro atoms. The third-order valence-electron chi connectivity index (χ3n) is 4.39. The number of hydrogen-bond donors (Lipinski definition) is 1. The highest BCUT2D eigenvalue weighted by Gasteiger charge is 2.24. The molecule has 5 nitrogen and oxygen atoms in total. The first-order valence-electron chi connectivity index (χ1n) is 8.23. The summed E-state index contributed by atoms with van der Waals surface area (Å²) in [6.45, 7) is 4.69. The Labute approximate surface area is 137 Å². The number of nitrogens with zero attached hydrogens (tertiary/aromatic N) is 3. The number of carbonyl (C=O) groups excluding carboxylic acids is 1. The Balaban J connectivity index is 1.70. The molecule has 2 aromatic rings. The van der Waals surface area contributed by atoms with Gasteiger partial charge in [0.2, 0.25) is 0 Å². The number of benzene rings is 1. The summed E-state index contributed by atoms with van der Waals surface area (Å²) in [6.07, 6.45) is 6.09. The van der Waals surface area contributed by atoms with Crippen LogP contribution in [0.15, 0.2) is 36.7 Å². The maximum atomic E-state index is 12.7. The van der Waals surface area contributed by atoms with E-state index >= 15 is 0 Å². The van der Waals surface area contributed by atoms with Crippen molar-refractivity contribution in [3.8, 4) is 5.69 Å². The molecule has 2 heterocycles. The van der Waals surface area contributed by atoms with Crippen molar-refractivity contribution in [2.75, 3.05) is 26.7 Å². The SMILES string of the molecule is CNCC1CCCN(C(=O)c2ccc(-n3cc(C)cn3)cc2)C1. The van der Waals surface area contributed by atoms with Crippen LogP contribution in [0.3, 0.4) is 0 Å². The second-order valence-corrected chi connectivity index (χ2v) is 6.33. The molecule has 1 amide bonds. The zero-order valence-electron chi connectivity index (χ0n) is 13.8. The van der Waals surface area contributed by atoms with E-state index in [4.69, 9.17) is 0 Å². The van der Waals surface area contributed by atoms with Crippen LogP contribution in [0, 0.1) is 12.8 Å². The lowest BCUT2D eigenvalue weighted by Gasteiger charge is -2.32. The number of likely N-dealkylation sites (tertiary alicyclic amines) is 1. The van der Waals surface area contributed by atoms with Crippen LogP contribution in [0.1, 0.15) is 28.8 Å². The van der Waals surface area contributed by atoms with Crippen molar-refractivity contribution in [3.63, 3.8) is 0 Å². The molecule has 0 bridgehead atoms. The molecular formula is C18H24N4O. The van der Waals surface area contributed by atoms with E-state index in [2.05, 4.69) is 10.4 Å². The standard InChI is InChI=1S/C18H24N4O/c1-14-10-20-22(12-14)17-7-5-16(6-8-17)18(23)21-9-3-4-15(13-21)11-19-2/h5-8,10,12,15,19H,3-4,9,11,13H2,1-2H3. The molecule has 122 valence electrons. The quantitative estimate of drug-likeness (QED) is 0.942. The number of rotatable bonds is 4. The summed E-state index contributed by atoms with van der Waals surface area (Å²) in [6, 6.07) is 7.70.